The van der Waals surface area contributed by atoms with Gasteiger partial charge in [0.2, 0.25) is 5.88 Å². The van der Waals surface area contributed by atoms with E-state index in [4.69, 9.17) is 14.2 Å². The summed E-state index contributed by atoms with van der Waals surface area (Å²) in [6, 6.07) is 3.87. The van der Waals surface area contributed by atoms with E-state index in [1.54, 1.807) is 20.4 Å². The highest BCUT2D eigenvalue weighted by atomic mass is 127. The van der Waals surface area contributed by atoms with Crippen molar-refractivity contribution < 1.29 is 14.2 Å². The standard InChI is InChI=1S/C17H28N4O3.HI/c1-18-17(21-12-14-6-3-8-19-16(14)22-2)20-9-5-10-23-13-15-7-4-11-24-15;/h3,6,8,15H,4-5,7,9-13H2,1-2H3,(H2,18,20,21);1H. The van der Waals surface area contributed by atoms with Crippen LogP contribution >= 0.6 is 24.0 Å². The predicted octanol–water partition coefficient (Wildman–Crippen LogP) is 1.96. The van der Waals surface area contributed by atoms with Crippen LogP contribution in [-0.4, -0.2) is 57.6 Å². The minimum absolute atomic E-state index is 0. The van der Waals surface area contributed by atoms with Crippen molar-refractivity contribution in [1.29, 1.82) is 0 Å². The van der Waals surface area contributed by atoms with E-state index in [0.717, 1.165) is 50.5 Å². The Morgan fingerprint density at radius 1 is 1.44 bits per heavy atom. The van der Waals surface area contributed by atoms with Crippen molar-refractivity contribution in [2.45, 2.75) is 31.9 Å². The molecule has 0 spiro atoms. The first-order valence-corrected chi connectivity index (χ1v) is 8.45. The van der Waals surface area contributed by atoms with E-state index in [0.29, 0.717) is 25.1 Å². The lowest BCUT2D eigenvalue weighted by molar-refractivity contribution is 0.0168. The summed E-state index contributed by atoms with van der Waals surface area (Å²) in [6.45, 7) is 3.70. The molecule has 0 bridgehead atoms. The summed E-state index contributed by atoms with van der Waals surface area (Å²) in [5, 5.41) is 6.53. The molecule has 0 saturated carbocycles. The Hall–Kier alpha value is -1.13. The first kappa shape index (κ1) is 21.9. The summed E-state index contributed by atoms with van der Waals surface area (Å²) < 4.78 is 16.4. The molecule has 1 aliphatic heterocycles. The van der Waals surface area contributed by atoms with E-state index in [1.165, 1.54) is 0 Å². The van der Waals surface area contributed by atoms with Gasteiger partial charge in [0.1, 0.15) is 0 Å². The average molecular weight is 464 g/mol. The van der Waals surface area contributed by atoms with Crippen LogP contribution in [0.4, 0.5) is 0 Å². The second kappa shape index (κ2) is 13.1. The normalized spacial score (nSPS) is 17.0. The lowest BCUT2D eigenvalue weighted by atomic mass is 10.2. The molecule has 2 rings (SSSR count). The number of ether oxygens (including phenoxy) is 3. The van der Waals surface area contributed by atoms with E-state index in [-0.39, 0.29) is 24.0 Å². The Morgan fingerprint density at radius 3 is 3.04 bits per heavy atom. The number of aromatic nitrogens is 1. The SMILES string of the molecule is CN=C(NCCCOCC1CCCO1)NCc1cccnc1OC.I. The lowest BCUT2D eigenvalue weighted by Crippen LogP contribution is -2.37. The van der Waals surface area contributed by atoms with Crippen LogP contribution in [0.3, 0.4) is 0 Å². The second-order valence-corrected chi connectivity index (χ2v) is 5.59. The molecule has 8 heteroatoms. The second-order valence-electron chi connectivity index (χ2n) is 5.59. The van der Waals surface area contributed by atoms with Crippen molar-refractivity contribution in [1.82, 2.24) is 15.6 Å². The Morgan fingerprint density at radius 2 is 2.32 bits per heavy atom. The molecule has 1 aromatic heterocycles. The Kier molecular flexibility index (Phi) is 11.5. The number of halogens is 1. The number of pyridine rings is 1. The number of rotatable bonds is 9. The smallest absolute Gasteiger partial charge is 0.218 e. The molecule has 1 aliphatic rings. The lowest BCUT2D eigenvalue weighted by Gasteiger charge is -2.13. The number of hydrogen-bond donors (Lipinski definition) is 2. The first-order valence-electron chi connectivity index (χ1n) is 8.45. The maximum Gasteiger partial charge on any atom is 0.218 e. The van der Waals surface area contributed by atoms with Gasteiger partial charge in [-0.1, -0.05) is 6.07 Å². The number of nitrogens with zero attached hydrogens (tertiary/aromatic N) is 2. The molecule has 0 amide bonds. The van der Waals surface area contributed by atoms with Gasteiger partial charge < -0.3 is 24.8 Å². The van der Waals surface area contributed by atoms with E-state index in [1.807, 2.05) is 12.1 Å². The molecule has 7 nitrogen and oxygen atoms in total. The number of guanidine groups is 1. The summed E-state index contributed by atoms with van der Waals surface area (Å²) in [4.78, 5) is 8.39. The van der Waals surface area contributed by atoms with Crippen molar-refractivity contribution in [2.75, 3.05) is 40.5 Å². The maximum atomic E-state index is 5.64. The van der Waals surface area contributed by atoms with Gasteiger partial charge in [0.15, 0.2) is 5.96 Å². The van der Waals surface area contributed by atoms with Crippen LogP contribution in [0.15, 0.2) is 23.3 Å². The van der Waals surface area contributed by atoms with Crippen molar-refractivity contribution in [2.24, 2.45) is 4.99 Å². The average Bonchev–Trinajstić information content (AvgIpc) is 3.14. The summed E-state index contributed by atoms with van der Waals surface area (Å²) in [7, 11) is 3.37. The van der Waals surface area contributed by atoms with E-state index >= 15 is 0 Å². The van der Waals surface area contributed by atoms with Crippen LogP contribution in [-0.2, 0) is 16.0 Å². The van der Waals surface area contributed by atoms with Crippen LogP contribution in [0.5, 0.6) is 5.88 Å². The van der Waals surface area contributed by atoms with E-state index < -0.39 is 0 Å². The highest BCUT2D eigenvalue weighted by molar-refractivity contribution is 14.0. The van der Waals surface area contributed by atoms with Crippen molar-refractivity contribution >= 4 is 29.9 Å². The summed E-state index contributed by atoms with van der Waals surface area (Å²) >= 11 is 0. The predicted molar refractivity (Wildman–Crippen MR) is 109 cm³/mol. The van der Waals surface area contributed by atoms with Gasteiger partial charge in [0.05, 0.1) is 19.8 Å². The molecule has 2 N–H and O–H groups in total. The van der Waals surface area contributed by atoms with Gasteiger partial charge in [-0.25, -0.2) is 4.98 Å². The van der Waals surface area contributed by atoms with Crippen LogP contribution in [0, 0.1) is 0 Å². The molecule has 1 fully saturated rings. The third-order valence-electron chi connectivity index (χ3n) is 3.80. The Bertz CT molecular complexity index is 510. The van der Waals surface area contributed by atoms with Gasteiger partial charge in [-0.3, -0.25) is 4.99 Å². The fourth-order valence-electron chi connectivity index (χ4n) is 2.51. The zero-order valence-electron chi connectivity index (χ0n) is 15.0. The van der Waals surface area contributed by atoms with Crippen molar-refractivity contribution in [3.05, 3.63) is 23.9 Å². The fraction of sp³-hybridized carbons (Fsp3) is 0.647. The molecule has 2 heterocycles. The molecule has 0 aromatic carbocycles. The minimum atomic E-state index is 0. The zero-order chi connectivity index (χ0) is 17.0. The monoisotopic (exact) mass is 464 g/mol. The number of aliphatic imine (C=N–C) groups is 1. The van der Waals surface area contributed by atoms with Gasteiger partial charge in [0, 0.05) is 45.1 Å². The maximum absolute atomic E-state index is 5.64. The van der Waals surface area contributed by atoms with Crippen LogP contribution < -0.4 is 15.4 Å². The van der Waals surface area contributed by atoms with Crippen molar-refractivity contribution in [3.8, 4) is 5.88 Å². The molecule has 142 valence electrons. The molecule has 0 aliphatic carbocycles. The molecule has 1 unspecified atom stereocenters. The minimum Gasteiger partial charge on any atom is -0.481 e. The third kappa shape index (κ3) is 8.19. The van der Waals surface area contributed by atoms with Crippen LogP contribution in [0.25, 0.3) is 0 Å². The Labute approximate surface area is 167 Å². The molecular weight excluding hydrogens is 435 g/mol. The van der Waals surface area contributed by atoms with Gasteiger partial charge in [0.25, 0.3) is 0 Å². The number of methoxy groups -OCH3 is 1. The molecule has 1 saturated heterocycles. The summed E-state index contributed by atoms with van der Waals surface area (Å²) in [5.41, 5.74) is 0.989. The van der Waals surface area contributed by atoms with Gasteiger partial charge in [-0.15, -0.1) is 24.0 Å². The fourth-order valence-corrected chi connectivity index (χ4v) is 2.51. The number of hydrogen-bond acceptors (Lipinski definition) is 5. The Balaban J connectivity index is 0.00000312. The highest BCUT2D eigenvalue weighted by Gasteiger charge is 2.14. The van der Waals surface area contributed by atoms with Gasteiger partial charge >= 0.3 is 0 Å². The molecule has 1 atom stereocenters. The van der Waals surface area contributed by atoms with Crippen LogP contribution in [0.1, 0.15) is 24.8 Å². The third-order valence-corrected chi connectivity index (χ3v) is 3.80. The quantitative estimate of drug-likeness (QED) is 0.252. The topological polar surface area (TPSA) is 77.0 Å². The highest BCUT2D eigenvalue weighted by Crippen LogP contribution is 2.13. The summed E-state index contributed by atoms with van der Waals surface area (Å²) in [5.74, 6) is 1.38. The number of nitrogens with one attached hydrogen (secondary N) is 2. The van der Waals surface area contributed by atoms with E-state index in [2.05, 4.69) is 20.6 Å². The summed E-state index contributed by atoms with van der Waals surface area (Å²) in [6.07, 6.45) is 5.20. The molecule has 25 heavy (non-hydrogen) atoms. The van der Waals surface area contributed by atoms with Crippen molar-refractivity contribution in [3.63, 3.8) is 0 Å². The van der Waals surface area contributed by atoms with Gasteiger partial charge in [-0.05, 0) is 25.3 Å². The van der Waals surface area contributed by atoms with Crippen LogP contribution in [0.2, 0.25) is 0 Å². The first-order chi connectivity index (χ1) is 11.8. The molecular formula is C17H29IN4O3. The largest absolute Gasteiger partial charge is 0.481 e. The zero-order valence-corrected chi connectivity index (χ0v) is 17.3. The van der Waals surface area contributed by atoms with Gasteiger partial charge in [-0.2, -0.15) is 0 Å². The molecule has 1 aromatic rings. The van der Waals surface area contributed by atoms with E-state index in [9.17, 15) is 0 Å². The molecule has 0 radical (unpaired) electrons.